The molecule has 0 aliphatic carbocycles. The SMILES string of the molecule is NC(=O)C(O)C(=O)Nc1ccc(Cl)cc1. The fraction of sp³-hybridized carbons (Fsp3) is 0.111. The van der Waals surface area contributed by atoms with Crippen LogP contribution in [0.25, 0.3) is 0 Å². The smallest absolute Gasteiger partial charge is 0.263 e. The highest BCUT2D eigenvalue weighted by Gasteiger charge is 2.20. The Morgan fingerprint density at radius 1 is 1.33 bits per heavy atom. The van der Waals surface area contributed by atoms with Gasteiger partial charge in [0.2, 0.25) is 6.10 Å². The first-order valence-corrected chi connectivity index (χ1v) is 4.42. The van der Waals surface area contributed by atoms with Crippen molar-refractivity contribution < 1.29 is 14.7 Å². The van der Waals surface area contributed by atoms with Crippen LogP contribution in [0.1, 0.15) is 0 Å². The third kappa shape index (κ3) is 3.23. The van der Waals surface area contributed by atoms with E-state index >= 15 is 0 Å². The van der Waals surface area contributed by atoms with Crippen LogP contribution in [0.15, 0.2) is 24.3 Å². The molecule has 80 valence electrons. The molecule has 0 aliphatic rings. The van der Waals surface area contributed by atoms with Crippen molar-refractivity contribution in [3.63, 3.8) is 0 Å². The van der Waals surface area contributed by atoms with Gasteiger partial charge in [-0.25, -0.2) is 0 Å². The Morgan fingerprint density at radius 2 is 1.87 bits per heavy atom. The predicted octanol–water partition coefficient (Wildman–Crippen LogP) is 0.125. The predicted molar refractivity (Wildman–Crippen MR) is 55.3 cm³/mol. The van der Waals surface area contributed by atoms with Crippen molar-refractivity contribution in [2.45, 2.75) is 6.10 Å². The Labute approximate surface area is 90.8 Å². The van der Waals surface area contributed by atoms with Gasteiger partial charge in [0.25, 0.3) is 11.8 Å². The number of anilines is 1. The van der Waals surface area contributed by atoms with Crippen molar-refractivity contribution >= 4 is 29.1 Å². The summed E-state index contributed by atoms with van der Waals surface area (Å²) >= 11 is 5.63. The molecular formula is C9H9ClN2O3. The van der Waals surface area contributed by atoms with Crippen molar-refractivity contribution in [3.8, 4) is 0 Å². The molecule has 0 saturated heterocycles. The number of halogens is 1. The molecule has 4 N–H and O–H groups in total. The van der Waals surface area contributed by atoms with Gasteiger partial charge in [-0.1, -0.05) is 11.6 Å². The molecule has 5 nitrogen and oxygen atoms in total. The van der Waals surface area contributed by atoms with Crippen LogP contribution in [0.3, 0.4) is 0 Å². The van der Waals surface area contributed by atoms with Crippen molar-refractivity contribution in [1.82, 2.24) is 0 Å². The van der Waals surface area contributed by atoms with Gasteiger partial charge in [-0.2, -0.15) is 0 Å². The number of hydrogen-bond acceptors (Lipinski definition) is 3. The lowest BCUT2D eigenvalue weighted by Gasteiger charge is -2.07. The van der Waals surface area contributed by atoms with Crippen LogP contribution in [-0.2, 0) is 9.59 Å². The van der Waals surface area contributed by atoms with Crippen LogP contribution in [0.2, 0.25) is 5.02 Å². The highest BCUT2D eigenvalue weighted by atomic mass is 35.5. The molecule has 1 unspecified atom stereocenters. The lowest BCUT2D eigenvalue weighted by molar-refractivity contribution is -0.136. The molecule has 1 atom stereocenters. The molecule has 0 aromatic heterocycles. The Balaban J connectivity index is 2.66. The summed E-state index contributed by atoms with van der Waals surface area (Å²) in [5.74, 6) is -1.97. The first-order valence-electron chi connectivity index (χ1n) is 4.04. The molecule has 0 heterocycles. The summed E-state index contributed by atoms with van der Waals surface area (Å²) in [6.45, 7) is 0. The van der Waals surface area contributed by atoms with E-state index in [4.69, 9.17) is 22.4 Å². The summed E-state index contributed by atoms with van der Waals surface area (Å²) in [7, 11) is 0. The van der Waals surface area contributed by atoms with Crippen LogP contribution >= 0.6 is 11.6 Å². The van der Waals surface area contributed by atoms with Gasteiger partial charge < -0.3 is 16.2 Å². The quantitative estimate of drug-likeness (QED) is 0.642. The topological polar surface area (TPSA) is 92.4 Å². The highest BCUT2D eigenvalue weighted by Crippen LogP contribution is 2.13. The summed E-state index contributed by atoms with van der Waals surface area (Å²) in [6.07, 6.45) is -1.85. The Morgan fingerprint density at radius 3 is 2.33 bits per heavy atom. The van der Waals surface area contributed by atoms with Gasteiger partial charge in [-0.05, 0) is 24.3 Å². The molecule has 1 rings (SSSR count). The molecule has 0 spiro atoms. The number of nitrogens with two attached hydrogens (primary N) is 1. The number of carbonyl (C=O) groups excluding carboxylic acids is 2. The zero-order chi connectivity index (χ0) is 11.4. The number of carbonyl (C=O) groups is 2. The molecule has 1 aromatic rings. The van der Waals surface area contributed by atoms with Crippen molar-refractivity contribution in [2.24, 2.45) is 5.73 Å². The zero-order valence-electron chi connectivity index (χ0n) is 7.61. The van der Waals surface area contributed by atoms with Crippen LogP contribution in [-0.4, -0.2) is 23.0 Å². The summed E-state index contributed by atoms with van der Waals surface area (Å²) < 4.78 is 0. The standard InChI is InChI=1S/C9H9ClN2O3/c10-5-1-3-6(4-2-5)12-9(15)7(13)8(11)14/h1-4,7,13H,(H2,11,14)(H,12,15). The van der Waals surface area contributed by atoms with Crippen LogP contribution in [0, 0.1) is 0 Å². The van der Waals surface area contributed by atoms with Gasteiger partial charge in [0.15, 0.2) is 0 Å². The number of hydrogen-bond donors (Lipinski definition) is 3. The summed E-state index contributed by atoms with van der Waals surface area (Å²) in [6, 6.07) is 6.20. The molecule has 2 amide bonds. The average Bonchev–Trinajstić information content (AvgIpc) is 2.20. The fourth-order valence-corrected chi connectivity index (χ4v) is 0.999. The number of rotatable bonds is 3. The van der Waals surface area contributed by atoms with E-state index in [0.717, 1.165) is 0 Å². The largest absolute Gasteiger partial charge is 0.375 e. The third-order valence-corrected chi connectivity index (χ3v) is 1.88. The van der Waals surface area contributed by atoms with Crippen molar-refractivity contribution in [3.05, 3.63) is 29.3 Å². The van der Waals surface area contributed by atoms with Crippen molar-refractivity contribution in [2.75, 3.05) is 5.32 Å². The van der Waals surface area contributed by atoms with Gasteiger partial charge in [-0.3, -0.25) is 9.59 Å². The Hall–Kier alpha value is -1.59. The van der Waals surface area contributed by atoms with Crippen LogP contribution in [0.4, 0.5) is 5.69 Å². The number of aliphatic hydroxyl groups is 1. The second-order valence-corrected chi connectivity index (χ2v) is 3.24. The van der Waals surface area contributed by atoms with Crippen LogP contribution < -0.4 is 11.1 Å². The van der Waals surface area contributed by atoms with E-state index in [1.54, 1.807) is 12.1 Å². The minimum absolute atomic E-state index is 0.421. The van der Waals surface area contributed by atoms with E-state index in [9.17, 15) is 9.59 Å². The van der Waals surface area contributed by atoms with Gasteiger partial charge in [0.05, 0.1) is 0 Å². The molecular weight excluding hydrogens is 220 g/mol. The molecule has 0 radical (unpaired) electrons. The summed E-state index contributed by atoms with van der Waals surface area (Å²) in [5.41, 5.74) is 5.16. The Bertz CT molecular complexity index is 377. The molecule has 6 heteroatoms. The van der Waals surface area contributed by atoms with Gasteiger partial charge in [0.1, 0.15) is 0 Å². The normalized spacial score (nSPS) is 11.9. The van der Waals surface area contributed by atoms with Crippen molar-refractivity contribution in [1.29, 1.82) is 0 Å². The van der Waals surface area contributed by atoms with E-state index in [2.05, 4.69) is 5.32 Å². The molecule has 0 fully saturated rings. The van der Waals surface area contributed by atoms with E-state index in [1.165, 1.54) is 12.1 Å². The maximum atomic E-state index is 11.1. The number of aliphatic hydroxyl groups excluding tert-OH is 1. The maximum Gasteiger partial charge on any atom is 0.263 e. The lowest BCUT2D eigenvalue weighted by Crippen LogP contribution is -2.39. The third-order valence-electron chi connectivity index (χ3n) is 1.63. The number of primary amides is 1. The molecule has 0 saturated carbocycles. The van der Waals surface area contributed by atoms with Gasteiger partial charge in [0, 0.05) is 10.7 Å². The first-order chi connectivity index (χ1) is 7.00. The maximum absolute atomic E-state index is 11.1. The summed E-state index contributed by atoms with van der Waals surface area (Å²) in [4.78, 5) is 21.6. The first kappa shape index (κ1) is 11.5. The highest BCUT2D eigenvalue weighted by molar-refractivity contribution is 6.30. The monoisotopic (exact) mass is 228 g/mol. The molecule has 1 aromatic carbocycles. The Kier molecular flexibility index (Phi) is 3.65. The minimum Gasteiger partial charge on any atom is -0.375 e. The zero-order valence-corrected chi connectivity index (χ0v) is 8.36. The second kappa shape index (κ2) is 4.77. The summed E-state index contributed by atoms with van der Waals surface area (Å²) in [5, 5.41) is 11.8. The fourth-order valence-electron chi connectivity index (χ4n) is 0.873. The van der Waals surface area contributed by atoms with E-state index < -0.39 is 17.9 Å². The van der Waals surface area contributed by atoms with E-state index in [0.29, 0.717) is 10.7 Å². The second-order valence-electron chi connectivity index (χ2n) is 2.80. The minimum atomic E-state index is -1.85. The lowest BCUT2D eigenvalue weighted by atomic mass is 10.3. The van der Waals surface area contributed by atoms with Crippen LogP contribution in [0.5, 0.6) is 0 Å². The number of nitrogens with one attached hydrogen (secondary N) is 1. The van der Waals surface area contributed by atoms with E-state index in [1.807, 2.05) is 0 Å². The molecule has 0 bridgehead atoms. The van der Waals surface area contributed by atoms with E-state index in [-0.39, 0.29) is 0 Å². The number of benzene rings is 1. The average molecular weight is 229 g/mol. The van der Waals surface area contributed by atoms with Gasteiger partial charge >= 0.3 is 0 Å². The molecule has 0 aliphatic heterocycles. The number of amides is 2. The molecule has 15 heavy (non-hydrogen) atoms. The van der Waals surface area contributed by atoms with Gasteiger partial charge in [-0.15, -0.1) is 0 Å².